The van der Waals surface area contributed by atoms with Gasteiger partial charge in [-0.05, 0) is 108 Å². The molecule has 350 valence electrons. The van der Waals surface area contributed by atoms with Gasteiger partial charge in [-0.15, -0.1) is 0 Å². The topological polar surface area (TPSA) is 192 Å². The van der Waals surface area contributed by atoms with Crippen LogP contribution in [-0.4, -0.2) is 82.5 Å². The summed E-state index contributed by atoms with van der Waals surface area (Å²) in [5, 5.41) is 10.0. The smallest absolute Gasteiger partial charge is 1.00 e. The quantitative estimate of drug-likeness (QED) is 0.0565. The normalized spacial score (nSPS) is 11.1. The largest absolute Gasteiger partial charge is 1.00 e. The fourth-order valence-corrected chi connectivity index (χ4v) is 8.77. The molecule has 0 radical (unpaired) electrons. The minimum Gasteiger partial charge on any atom is -1.00 e. The second-order valence-corrected chi connectivity index (χ2v) is 18.4. The van der Waals surface area contributed by atoms with E-state index < -0.39 is 31.7 Å². The van der Waals surface area contributed by atoms with E-state index in [1.807, 2.05) is 36.4 Å². The summed E-state index contributed by atoms with van der Waals surface area (Å²) in [5.41, 5.74) is 4.47. The van der Waals surface area contributed by atoms with Gasteiger partial charge in [0.1, 0.15) is 24.0 Å². The van der Waals surface area contributed by atoms with Gasteiger partial charge >= 0.3 is 29.6 Å². The summed E-state index contributed by atoms with van der Waals surface area (Å²) >= 11 is 18.5. The molecule has 0 bridgehead atoms. The molecular weight excluding hydrogens is 996 g/mol. The number of sulfonamides is 2. The first kappa shape index (κ1) is 53.9. The number of aromatic nitrogens is 4. The molecule has 0 aliphatic carbocycles. The first-order valence-electron chi connectivity index (χ1n) is 19.7. The Balaban J connectivity index is 0.000000268. The predicted molar refractivity (Wildman–Crippen MR) is 257 cm³/mol. The maximum absolute atomic E-state index is 13.2. The zero-order chi connectivity index (χ0) is 48.1. The molecule has 4 aromatic heterocycles. The Morgan fingerprint density at radius 2 is 1.03 bits per heavy atom. The molecule has 0 aliphatic heterocycles. The molecule has 0 spiro atoms. The Morgan fingerprint density at radius 3 is 1.49 bits per heavy atom. The van der Waals surface area contributed by atoms with Gasteiger partial charge in [-0.1, -0.05) is 46.9 Å². The SMILES string of the molecule is COCCO.COCCOc1ccnc2ccc(-c3cnc(Cl)c(NS(=O)(=O)c4ccc(F)cc4)c3)cc12.O=S(=O)(Nc1cc(-c2ccc3nccc(Cl)c3c2)cnc1Cl)c1ccc(F)cc1.[H-].[Na+]. The van der Waals surface area contributed by atoms with Gasteiger partial charge in [0.2, 0.25) is 0 Å². The zero-order valence-corrected chi connectivity index (χ0v) is 42.2. The second kappa shape index (κ2) is 25.0. The standard InChI is InChI=1S/C23H19ClFN3O4S.C20H12Cl2FN3O2S.C3H8O2.Na.H/c1-31-10-11-32-22-8-9-26-20-7-2-15(12-19(20)22)16-13-21(23(24)27-14-16)28-33(29,30)18-5-3-17(25)4-6-18;21-17-7-8-24-18-6-1-12(9-16(17)18)13-10-19(20(22)25-11-13)26-29(27,28)15-4-2-14(23)3-5-15;1-5-3-2-4;;/h2-9,12-14,28H,10-11H2,1H3;1-11,26H;4H,2-3H2,1H3;;/q;;;+1;-1. The van der Waals surface area contributed by atoms with Crippen molar-refractivity contribution in [3.8, 4) is 28.0 Å². The summed E-state index contributed by atoms with van der Waals surface area (Å²) in [6.07, 6.45) is 6.36. The van der Waals surface area contributed by atoms with Crippen LogP contribution in [0.1, 0.15) is 1.43 Å². The minimum absolute atomic E-state index is 0. The first-order valence-corrected chi connectivity index (χ1v) is 23.8. The van der Waals surface area contributed by atoms with E-state index >= 15 is 0 Å². The van der Waals surface area contributed by atoms with Crippen LogP contribution in [0.25, 0.3) is 44.1 Å². The molecule has 14 nitrogen and oxygen atoms in total. The second-order valence-electron chi connectivity index (χ2n) is 13.9. The fraction of sp³-hybridized carbons (Fsp3) is 0.130. The van der Waals surface area contributed by atoms with Gasteiger partial charge < -0.3 is 20.7 Å². The summed E-state index contributed by atoms with van der Waals surface area (Å²) in [6.45, 7) is 1.40. The Kier molecular flexibility index (Phi) is 19.8. The van der Waals surface area contributed by atoms with Gasteiger partial charge in [-0.25, -0.2) is 35.6 Å². The Hall–Kier alpha value is -5.09. The summed E-state index contributed by atoms with van der Waals surface area (Å²) in [4.78, 5) is 16.6. The minimum atomic E-state index is -3.99. The van der Waals surface area contributed by atoms with E-state index in [-0.39, 0.29) is 69.1 Å². The third kappa shape index (κ3) is 14.2. The number of nitrogens with zero attached hydrogens (tertiary/aromatic N) is 4. The number of ether oxygens (including phenoxy) is 3. The summed E-state index contributed by atoms with van der Waals surface area (Å²) in [5.74, 6) is -0.417. The van der Waals surface area contributed by atoms with Crippen LogP contribution in [0.4, 0.5) is 20.2 Å². The van der Waals surface area contributed by atoms with E-state index in [4.69, 9.17) is 49.4 Å². The molecule has 3 N–H and O–H groups in total. The Bertz CT molecular complexity index is 3230. The number of aliphatic hydroxyl groups excluding tert-OH is 1. The molecule has 68 heavy (non-hydrogen) atoms. The van der Waals surface area contributed by atoms with E-state index in [0.717, 1.165) is 57.2 Å². The molecular formula is C46H40Cl3F2N6NaO8S2. The van der Waals surface area contributed by atoms with E-state index in [1.165, 1.54) is 30.5 Å². The fourth-order valence-electron chi connectivity index (χ4n) is 6.03. The van der Waals surface area contributed by atoms with Crippen LogP contribution in [0.15, 0.2) is 144 Å². The van der Waals surface area contributed by atoms with E-state index in [9.17, 15) is 25.6 Å². The average molecular weight is 1040 g/mol. The molecule has 4 heterocycles. The Labute approximate surface area is 429 Å². The molecule has 0 saturated heterocycles. The van der Waals surface area contributed by atoms with Crippen LogP contribution in [0.2, 0.25) is 15.3 Å². The predicted octanol–water partition coefficient (Wildman–Crippen LogP) is 7.20. The number of halogens is 5. The number of benzene rings is 4. The number of pyridine rings is 4. The average Bonchev–Trinajstić information content (AvgIpc) is 3.31. The van der Waals surface area contributed by atoms with Crippen LogP contribution in [0.3, 0.4) is 0 Å². The van der Waals surface area contributed by atoms with Crippen LogP contribution in [0, 0.1) is 11.6 Å². The number of methoxy groups -OCH3 is 2. The molecule has 8 aromatic rings. The Morgan fingerprint density at radius 1 is 0.574 bits per heavy atom. The number of hydrogen-bond donors (Lipinski definition) is 3. The summed E-state index contributed by atoms with van der Waals surface area (Å²) in [6, 6.07) is 26.6. The molecule has 22 heteroatoms. The van der Waals surface area contributed by atoms with Crippen molar-refractivity contribution >= 4 is 88.0 Å². The van der Waals surface area contributed by atoms with Crippen molar-refractivity contribution in [2.75, 3.05) is 50.1 Å². The van der Waals surface area contributed by atoms with Crippen LogP contribution in [-0.2, 0) is 29.5 Å². The molecule has 0 unspecified atom stereocenters. The first-order chi connectivity index (χ1) is 32.1. The van der Waals surface area contributed by atoms with Crippen molar-refractivity contribution < 1.29 is 75.9 Å². The van der Waals surface area contributed by atoms with Gasteiger partial charge in [0.25, 0.3) is 20.0 Å². The van der Waals surface area contributed by atoms with E-state index in [2.05, 4.69) is 34.1 Å². The van der Waals surface area contributed by atoms with Crippen molar-refractivity contribution in [3.05, 3.63) is 161 Å². The van der Waals surface area contributed by atoms with Gasteiger partial charge in [0.05, 0.1) is 57.0 Å². The number of nitrogens with one attached hydrogen (secondary N) is 2. The number of anilines is 2. The van der Waals surface area contributed by atoms with Gasteiger partial charge in [-0.2, -0.15) is 0 Å². The van der Waals surface area contributed by atoms with Crippen LogP contribution in [0.5, 0.6) is 5.75 Å². The number of rotatable bonds is 14. The van der Waals surface area contributed by atoms with Crippen molar-refractivity contribution in [3.63, 3.8) is 0 Å². The van der Waals surface area contributed by atoms with E-state index in [1.54, 1.807) is 57.1 Å². The monoisotopic (exact) mass is 1030 g/mol. The molecule has 0 fully saturated rings. The number of fused-ring (bicyclic) bond motifs is 2. The third-order valence-electron chi connectivity index (χ3n) is 9.31. The van der Waals surface area contributed by atoms with Crippen LogP contribution < -0.4 is 43.7 Å². The van der Waals surface area contributed by atoms with Gasteiger partial charge in [0.15, 0.2) is 10.3 Å². The van der Waals surface area contributed by atoms with Gasteiger partial charge in [0, 0.05) is 60.9 Å². The molecule has 0 saturated carbocycles. The van der Waals surface area contributed by atoms with Crippen molar-refractivity contribution in [2.45, 2.75) is 9.79 Å². The number of hydrogen-bond acceptors (Lipinski definition) is 12. The molecule has 0 atom stereocenters. The maximum atomic E-state index is 13.2. The summed E-state index contributed by atoms with van der Waals surface area (Å²) < 4.78 is 96.9. The number of aliphatic hydroxyl groups is 1. The van der Waals surface area contributed by atoms with Crippen molar-refractivity contribution in [1.82, 2.24) is 19.9 Å². The van der Waals surface area contributed by atoms with Gasteiger partial charge in [-0.3, -0.25) is 19.4 Å². The van der Waals surface area contributed by atoms with E-state index in [0.29, 0.717) is 41.7 Å². The molecule has 0 aliphatic rings. The summed E-state index contributed by atoms with van der Waals surface area (Å²) in [7, 11) is -4.80. The molecule has 8 rings (SSSR count). The van der Waals surface area contributed by atoms with Crippen molar-refractivity contribution in [1.29, 1.82) is 0 Å². The third-order valence-corrected chi connectivity index (χ3v) is 13.0. The maximum Gasteiger partial charge on any atom is 1.00 e. The van der Waals surface area contributed by atoms with Crippen LogP contribution >= 0.6 is 34.8 Å². The van der Waals surface area contributed by atoms with Crippen molar-refractivity contribution in [2.24, 2.45) is 0 Å². The molecule has 4 aromatic carbocycles. The molecule has 0 amide bonds. The zero-order valence-electron chi connectivity index (χ0n) is 37.3.